The standard InChI is InChI=1S/C13H16FNO/c1-15(11-5-7-13(16)8-6-11)12-4-2-3-10(14)9-12/h2-4,9,11H,5-8H2,1H3. The number of nitrogens with zero attached hydrogens (tertiary/aromatic N) is 1. The minimum Gasteiger partial charge on any atom is -0.372 e. The first-order chi connectivity index (χ1) is 7.66. The largest absolute Gasteiger partial charge is 0.372 e. The average Bonchev–Trinajstić information content (AvgIpc) is 2.29. The Morgan fingerprint density at radius 2 is 2.00 bits per heavy atom. The van der Waals surface area contributed by atoms with E-state index in [2.05, 4.69) is 4.90 Å². The second-order valence-corrected chi connectivity index (χ2v) is 4.36. The second-order valence-electron chi connectivity index (χ2n) is 4.36. The van der Waals surface area contributed by atoms with E-state index in [9.17, 15) is 9.18 Å². The molecule has 0 N–H and O–H groups in total. The van der Waals surface area contributed by atoms with Crippen molar-refractivity contribution in [2.75, 3.05) is 11.9 Å². The fourth-order valence-corrected chi connectivity index (χ4v) is 2.22. The third-order valence-corrected chi connectivity index (χ3v) is 3.28. The van der Waals surface area contributed by atoms with E-state index in [4.69, 9.17) is 0 Å². The van der Waals surface area contributed by atoms with Gasteiger partial charge < -0.3 is 4.90 Å². The third kappa shape index (κ3) is 2.40. The zero-order chi connectivity index (χ0) is 11.5. The summed E-state index contributed by atoms with van der Waals surface area (Å²) in [5.41, 5.74) is 0.888. The van der Waals surface area contributed by atoms with E-state index in [0.29, 0.717) is 24.7 Å². The SMILES string of the molecule is CN(c1cccc(F)c1)C1CCC(=O)CC1. The van der Waals surface area contributed by atoms with Crippen LogP contribution in [0.3, 0.4) is 0 Å². The van der Waals surface area contributed by atoms with Gasteiger partial charge in [-0.3, -0.25) is 4.79 Å². The Morgan fingerprint density at radius 1 is 1.31 bits per heavy atom. The first-order valence-corrected chi connectivity index (χ1v) is 5.67. The Labute approximate surface area is 95.1 Å². The van der Waals surface area contributed by atoms with Crippen molar-refractivity contribution in [3.05, 3.63) is 30.1 Å². The summed E-state index contributed by atoms with van der Waals surface area (Å²) >= 11 is 0. The van der Waals surface area contributed by atoms with Gasteiger partial charge in [0, 0.05) is 31.6 Å². The molecule has 2 nitrogen and oxygen atoms in total. The lowest BCUT2D eigenvalue weighted by atomic mass is 9.93. The lowest BCUT2D eigenvalue weighted by Gasteiger charge is -2.32. The van der Waals surface area contributed by atoms with Gasteiger partial charge >= 0.3 is 0 Å². The first kappa shape index (κ1) is 11.1. The number of hydrogen-bond donors (Lipinski definition) is 0. The van der Waals surface area contributed by atoms with Gasteiger partial charge in [-0.25, -0.2) is 4.39 Å². The quantitative estimate of drug-likeness (QED) is 0.765. The van der Waals surface area contributed by atoms with Crippen LogP contribution in [0.25, 0.3) is 0 Å². The van der Waals surface area contributed by atoms with Crippen LogP contribution in [0.4, 0.5) is 10.1 Å². The molecule has 1 fully saturated rings. The lowest BCUT2D eigenvalue weighted by Crippen LogP contribution is -2.35. The molecule has 0 aromatic heterocycles. The number of carbonyl (C=O) groups is 1. The van der Waals surface area contributed by atoms with E-state index in [0.717, 1.165) is 18.5 Å². The number of carbonyl (C=O) groups excluding carboxylic acids is 1. The third-order valence-electron chi connectivity index (χ3n) is 3.28. The molecule has 16 heavy (non-hydrogen) atoms. The number of rotatable bonds is 2. The van der Waals surface area contributed by atoms with Gasteiger partial charge in [-0.05, 0) is 31.0 Å². The predicted molar refractivity (Wildman–Crippen MR) is 62.1 cm³/mol. The number of ketones is 1. The first-order valence-electron chi connectivity index (χ1n) is 5.67. The number of anilines is 1. The molecule has 0 aliphatic heterocycles. The van der Waals surface area contributed by atoms with Crippen LogP contribution in [0.2, 0.25) is 0 Å². The summed E-state index contributed by atoms with van der Waals surface area (Å²) in [5, 5.41) is 0. The second kappa shape index (κ2) is 4.64. The van der Waals surface area contributed by atoms with Crippen LogP contribution in [0.1, 0.15) is 25.7 Å². The Bertz CT molecular complexity index is 381. The number of hydrogen-bond acceptors (Lipinski definition) is 2. The maximum absolute atomic E-state index is 13.1. The highest BCUT2D eigenvalue weighted by Crippen LogP contribution is 2.24. The van der Waals surface area contributed by atoms with Gasteiger partial charge in [0.1, 0.15) is 11.6 Å². The Kier molecular flexibility index (Phi) is 3.22. The maximum atomic E-state index is 13.1. The molecule has 2 rings (SSSR count). The molecule has 1 aromatic carbocycles. The molecule has 1 aliphatic rings. The van der Waals surface area contributed by atoms with Crippen molar-refractivity contribution in [2.45, 2.75) is 31.7 Å². The van der Waals surface area contributed by atoms with Gasteiger partial charge in [0.15, 0.2) is 0 Å². The van der Waals surface area contributed by atoms with Crippen LogP contribution < -0.4 is 4.90 Å². The molecule has 0 spiro atoms. The minimum absolute atomic E-state index is 0.212. The summed E-state index contributed by atoms with van der Waals surface area (Å²) in [6, 6.07) is 6.96. The fraction of sp³-hybridized carbons (Fsp3) is 0.462. The topological polar surface area (TPSA) is 20.3 Å². The van der Waals surface area contributed by atoms with E-state index >= 15 is 0 Å². The highest BCUT2D eigenvalue weighted by molar-refractivity contribution is 5.79. The lowest BCUT2D eigenvalue weighted by molar-refractivity contribution is -0.120. The molecule has 0 bridgehead atoms. The molecule has 3 heteroatoms. The zero-order valence-electron chi connectivity index (χ0n) is 9.45. The zero-order valence-corrected chi connectivity index (χ0v) is 9.45. The molecule has 0 saturated heterocycles. The van der Waals surface area contributed by atoms with Crippen LogP contribution in [0.5, 0.6) is 0 Å². The van der Waals surface area contributed by atoms with Crippen LogP contribution in [-0.2, 0) is 4.79 Å². The molecule has 1 aliphatic carbocycles. The van der Waals surface area contributed by atoms with Gasteiger partial charge in [0.2, 0.25) is 0 Å². The van der Waals surface area contributed by atoms with E-state index < -0.39 is 0 Å². The molecule has 0 radical (unpaired) electrons. The van der Waals surface area contributed by atoms with Gasteiger partial charge in [-0.1, -0.05) is 6.07 Å². The molecule has 1 aromatic rings. The predicted octanol–water partition coefficient (Wildman–Crippen LogP) is 2.77. The van der Waals surface area contributed by atoms with E-state index in [1.807, 2.05) is 13.1 Å². The smallest absolute Gasteiger partial charge is 0.133 e. The summed E-state index contributed by atoms with van der Waals surface area (Å²) < 4.78 is 13.1. The van der Waals surface area contributed by atoms with Gasteiger partial charge in [0.25, 0.3) is 0 Å². The molecule has 0 atom stereocenters. The van der Waals surface area contributed by atoms with Crippen LogP contribution in [0, 0.1) is 5.82 Å². The molecular formula is C13H16FNO. The van der Waals surface area contributed by atoms with Crippen molar-refractivity contribution in [3.8, 4) is 0 Å². The Morgan fingerprint density at radius 3 is 2.62 bits per heavy atom. The molecular weight excluding hydrogens is 205 g/mol. The van der Waals surface area contributed by atoms with Crippen LogP contribution in [0.15, 0.2) is 24.3 Å². The van der Waals surface area contributed by atoms with E-state index in [-0.39, 0.29) is 5.82 Å². The van der Waals surface area contributed by atoms with Crippen LogP contribution >= 0.6 is 0 Å². The molecule has 0 heterocycles. The summed E-state index contributed by atoms with van der Waals surface area (Å²) in [6.45, 7) is 0. The average molecular weight is 221 g/mol. The monoisotopic (exact) mass is 221 g/mol. The molecule has 0 amide bonds. The summed E-state index contributed by atoms with van der Waals surface area (Å²) in [5.74, 6) is 0.139. The highest BCUT2D eigenvalue weighted by Gasteiger charge is 2.22. The van der Waals surface area contributed by atoms with Gasteiger partial charge in [-0.15, -0.1) is 0 Å². The van der Waals surface area contributed by atoms with Crippen LogP contribution in [-0.4, -0.2) is 18.9 Å². The highest BCUT2D eigenvalue weighted by atomic mass is 19.1. The molecule has 86 valence electrons. The van der Waals surface area contributed by atoms with Crippen molar-refractivity contribution in [3.63, 3.8) is 0 Å². The summed E-state index contributed by atoms with van der Waals surface area (Å²) in [4.78, 5) is 13.2. The van der Waals surface area contributed by atoms with Crippen molar-refractivity contribution >= 4 is 11.5 Å². The summed E-state index contributed by atoms with van der Waals surface area (Å²) in [6.07, 6.45) is 3.08. The number of benzene rings is 1. The summed E-state index contributed by atoms with van der Waals surface area (Å²) in [7, 11) is 1.97. The number of halogens is 1. The van der Waals surface area contributed by atoms with Gasteiger partial charge in [0.05, 0.1) is 0 Å². The van der Waals surface area contributed by atoms with Crippen molar-refractivity contribution < 1.29 is 9.18 Å². The Hall–Kier alpha value is -1.38. The van der Waals surface area contributed by atoms with Crippen molar-refractivity contribution in [2.24, 2.45) is 0 Å². The maximum Gasteiger partial charge on any atom is 0.133 e. The van der Waals surface area contributed by atoms with Gasteiger partial charge in [-0.2, -0.15) is 0 Å². The minimum atomic E-state index is -0.212. The van der Waals surface area contributed by atoms with Crippen molar-refractivity contribution in [1.82, 2.24) is 0 Å². The fourth-order valence-electron chi connectivity index (χ4n) is 2.22. The van der Waals surface area contributed by atoms with E-state index in [1.54, 1.807) is 6.07 Å². The Balaban J connectivity index is 2.07. The normalized spacial score (nSPS) is 17.5. The molecule has 0 unspecified atom stereocenters. The van der Waals surface area contributed by atoms with E-state index in [1.165, 1.54) is 12.1 Å². The molecule has 1 saturated carbocycles. The van der Waals surface area contributed by atoms with Crippen molar-refractivity contribution in [1.29, 1.82) is 0 Å². The number of Topliss-reactive ketones (excluding diaryl/α,β-unsaturated/α-hetero) is 1.